The second kappa shape index (κ2) is 20.6. The maximum absolute atomic E-state index is 7.75. The Kier molecular flexibility index (Phi) is 34.8. The SMILES string of the molecule is CC(C)C(C)(C)C.CO.C[Si](C)(C)C1CCCC1.[CH-]=O.[CH3-].[CH3-].[Mo+3]. The fraction of sp³-hybridized carbons (Fsp3) is 0.842. The first-order valence-corrected chi connectivity index (χ1v) is 11.3. The second-order valence-corrected chi connectivity index (χ2v) is 13.4. The van der Waals surface area contributed by atoms with Gasteiger partial charge < -0.3 is 24.8 Å². The van der Waals surface area contributed by atoms with Gasteiger partial charge in [0.2, 0.25) is 0 Å². The van der Waals surface area contributed by atoms with Crippen LogP contribution in [0.1, 0.15) is 60.3 Å². The Bertz CT molecular complexity index is 202. The zero-order valence-corrected chi connectivity index (χ0v) is 20.8. The van der Waals surface area contributed by atoms with Gasteiger partial charge in [-0.05, 0) is 16.9 Å². The van der Waals surface area contributed by atoms with Crippen molar-refractivity contribution in [1.29, 1.82) is 0 Å². The van der Waals surface area contributed by atoms with E-state index in [1.54, 1.807) is 0 Å². The zero-order valence-electron chi connectivity index (χ0n) is 17.8. The van der Waals surface area contributed by atoms with Gasteiger partial charge in [0.15, 0.2) is 0 Å². The van der Waals surface area contributed by atoms with Crippen molar-refractivity contribution in [1.82, 2.24) is 0 Å². The van der Waals surface area contributed by atoms with Gasteiger partial charge in [0.05, 0.1) is 0 Å². The molecule has 0 heterocycles. The van der Waals surface area contributed by atoms with E-state index in [0.717, 1.165) is 18.6 Å². The molecule has 0 atom stereocenters. The Balaban J connectivity index is -0.0000000473. The first-order chi connectivity index (χ1) is 9.05. The van der Waals surface area contributed by atoms with Crippen LogP contribution in [0.2, 0.25) is 25.2 Å². The molecule has 23 heavy (non-hydrogen) atoms. The predicted molar refractivity (Wildman–Crippen MR) is 108 cm³/mol. The molecule has 1 radical (unpaired) electrons. The van der Waals surface area contributed by atoms with E-state index in [1.165, 1.54) is 25.7 Å². The molecule has 1 N–H and O–H groups in total. The predicted octanol–water partition coefficient (Wildman–Crippen LogP) is 6.19. The monoisotopic (exact) mass is 431 g/mol. The Morgan fingerprint density at radius 3 is 1.26 bits per heavy atom. The quantitative estimate of drug-likeness (QED) is 0.307. The molecule has 0 amide bonds. The van der Waals surface area contributed by atoms with Gasteiger partial charge in [-0.25, -0.2) is 0 Å². The van der Waals surface area contributed by atoms with Crippen LogP contribution < -0.4 is 0 Å². The minimum atomic E-state index is -0.724. The normalized spacial score (nSPS) is 13.3. The molecule has 4 heteroatoms. The largest absolute Gasteiger partial charge is 3.00 e. The summed E-state index contributed by atoms with van der Waals surface area (Å²) in [7, 11) is 0.276. The number of hydrogen-bond donors (Lipinski definition) is 1. The summed E-state index contributed by atoms with van der Waals surface area (Å²) in [5.41, 5.74) is 1.65. The van der Waals surface area contributed by atoms with Gasteiger partial charge in [-0.1, -0.05) is 79.9 Å². The van der Waals surface area contributed by atoms with Crippen molar-refractivity contribution in [2.75, 3.05) is 7.11 Å². The van der Waals surface area contributed by atoms with Crippen LogP contribution in [0.25, 0.3) is 0 Å². The van der Waals surface area contributed by atoms with Crippen LogP contribution in [0.4, 0.5) is 0 Å². The Morgan fingerprint density at radius 2 is 1.17 bits per heavy atom. The van der Waals surface area contributed by atoms with Crippen LogP contribution in [0.3, 0.4) is 0 Å². The molecule has 0 saturated heterocycles. The summed E-state index contributed by atoms with van der Waals surface area (Å²) in [6.07, 6.45) is 6.09. The molecule has 0 aliphatic heterocycles. The molecule has 0 spiro atoms. The number of rotatable bonds is 1. The number of aliphatic hydroxyl groups excluding tert-OH is 1. The number of hydrogen-bond acceptors (Lipinski definition) is 2. The molecule has 0 aromatic rings. The summed E-state index contributed by atoms with van der Waals surface area (Å²) < 4.78 is 0. The minimum Gasteiger partial charge on any atom is -0.545 e. The van der Waals surface area contributed by atoms with E-state index in [-0.39, 0.29) is 35.9 Å². The van der Waals surface area contributed by atoms with Gasteiger partial charge in [-0.2, -0.15) is 0 Å². The third-order valence-electron chi connectivity index (χ3n) is 4.31. The Labute approximate surface area is 164 Å². The van der Waals surface area contributed by atoms with Gasteiger partial charge >= 0.3 is 21.1 Å². The third-order valence-corrected chi connectivity index (χ3v) is 7.34. The molecular weight excluding hydrogens is 384 g/mol. The van der Waals surface area contributed by atoms with Crippen molar-refractivity contribution in [2.45, 2.75) is 85.5 Å². The first kappa shape index (κ1) is 38.9. The molecule has 0 bridgehead atoms. The van der Waals surface area contributed by atoms with Crippen molar-refractivity contribution in [3.63, 3.8) is 0 Å². The standard InChI is InChI=1S/C8H18Si.C7H16.CH4O.CHO.2CH3.Mo/c1-9(2,3)8-6-4-5-7-8;1-6(2)7(3,4)5;2*1-2;;;/h8H,4-7H2,1-3H3;6H,1-5H3;2H,1H3;1H;2*1H3;/q;;;3*-1;+3. The summed E-state index contributed by atoms with van der Waals surface area (Å²) >= 11 is 0. The summed E-state index contributed by atoms with van der Waals surface area (Å²) in [6.45, 7) is 22.0. The van der Waals surface area contributed by atoms with Crippen molar-refractivity contribution in [3.8, 4) is 0 Å². The van der Waals surface area contributed by atoms with E-state index in [1.807, 2.05) is 0 Å². The van der Waals surface area contributed by atoms with Gasteiger partial charge in [0.1, 0.15) is 0 Å². The zero-order chi connectivity index (χ0) is 17.0. The van der Waals surface area contributed by atoms with E-state index >= 15 is 0 Å². The van der Waals surface area contributed by atoms with E-state index in [2.05, 4.69) is 61.0 Å². The summed E-state index contributed by atoms with van der Waals surface area (Å²) in [6, 6.07) is 0. The molecule has 1 aliphatic carbocycles. The second-order valence-electron chi connectivity index (χ2n) is 7.87. The smallest absolute Gasteiger partial charge is 0.545 e. The molecule has 0 aromatic heterocycles. The molecule has 143 valence electrons. The van der Waals surface area contributed by atoms with Crippen LogP contribution in [-0.2, 0) is 25.9 Å². The van der Waals surface area contributed by atoms with Crippen LogP contribution in [0, 0.1) is 26.2 Å². The van der Waals surface area contributed by atoms with Crippen molar-refractivity contribution in [3.05, 3.63) is 14.9 Å². The van der Waals surface area contributed by atoms with Crippen LogP contribution in [0.5, 0.6) is 0 Å². The van der Waals surface area contributed by atoms with E-state index in [4.69, 9.17) is 9.90 Å². The van der Waals surface area contributed by atoms with Gasteiger partial charge in [0.25, 0.3) is 0 Å². The van der Waals surface area contributed by atoms with Crippen LogP contribution in [0.15, 0.2) is 0 Å². The maximum Gasteiger partial charge on any atom is 3.00 e. The fourth-order valence-corrected chi connectivity index (χ4v) is 3.93. The number of carbonyl (C=O) groups excluding carboxylic acids is 1. The summed E-state index contributed by atoms with van der Waals surface area (Å²) in [5, 5.41) is 7.00. The van der Waals surface area contributed by atoms with Gasteiger partial charge in [0, 0.05) is 15.2 Å². The summed E-state index contributed by atoms with van der Waals surface area (Å²) in [5.74, 6) is 0.799. The van der Waals surface area contributed by atoms with E-state index in [0.29, 0.717) is 5.41 Å². The molecule has 1 aliphatic rings. The molecule has 1 saturated carbocycles. The molecular formula is C19H45MoO2Si. The first-order valence-electron chi connectivity index (χ1n) is 7.73. The molecule has 2 nitrogen and oxygen atoms in total. The average molecular weight is 430 g/mol. The minimum absolute atomic E-state index is 0. The number of aliphatic hydroxyl groups is 1. The Hall–Kier alpha value is 0.535. The van der Waals surface area contributed by atoms with E-state index < -0.39 is 8.07 Å². The molecule has 0 unspecified atom stereocenters. The van der Waals surface area contributed by atoms with Crippen LogP contribution >= 0.6 is 0 Å². The topological polar surface area (TPSA) is 37.3 Å². The van der Waals surface area contributed by atoms with Crippen molar-refractivity contribution < 1.29 is 31.0 Å². The molecule has 1 rings (SSSR count). The summed E-state index contributed by atoms with van der Waals surface area (Å²) in [4.78, 5) is 7.75. The maximum atomic E-state index is 7.75. The van der Waals surface area contributed by atoms with Gasteiger partial charge in [-0.3, -0.25) is 6.79 Å². The van der Waals surface area contributed by atoms with Gasteiger partial charge in [-0.15, -0.1) is 0 Å². The molecule has 1 fully saturated rings. The fourth-order valence-electron chi connectivity index (χ4n) is 1.79. The Morgan fingerprint density at radius 1 is 0.957 bits per heavy atom. The van der Waals surface area contributed by atoms with Crippen molar-refractivity contribution in [2.24, 2.45) is 11.3 Å². The van der Waals surface area contributed by atoms with Crippen LogP contribution in [-0.4, -0.2) is 27.1 Å². The molecule has 0 aromatic carbocycles. The van der Waals surface area contributed by atoms with E-state index in [9.17, 15) is 0 Å². The van der Waals surface area contributed by atoms with Crippen molar-refractivity contribution >= 4 is 14.9 Å². The average Bonchev–Trinajstić information content (AvgIpc) is 2.87. The third kappa shape index (κ3) is 24.9.